The van der Waals surface area contributed by atoms with E-state index in [1.54, 1.807) is 0 Å². The molecule has 0 aromatic heterocycles. The minimum Gasteiger partial charge on any atom is -0.480 e. The van der Waals surface area contributed by atoms with Crippen molar-refractivity contribution in [3.05, 3.63) is 34.4 Å². The van der Waals surface area contributed by atoms with Crippen molar-refractivity contribution >= 4 is 17.7 Å². The highest BCUT2D eigenvalue weighted by Crippen LogP contribution is 2.19. The zero-order valence-electron chi connectivity index (χ0n) is 13.5. The number of aliphatic carboxylic acids is 1. The summed E-state index contributed by atoms with van der Waals surface area (Å²) in [6, 6.07) is 3.04. The van der Waals surface area contributed by atoms with E-state index in [0.717, 1.165) is 22.3 Å². The number of aryl methyl sites for hydroxylation is 3. The van der Waals surface area contributed by atoms with Gasteiger partial charge < -0.3 is 10.4 Å². The Balaban J connectivity index is 2.54. The van der Waals surface area contributed by atoms with Crippen molar-refractivity contribution in [3.63, 3.8) is 0 Å². The van der Waals surface area contributed by atoms with Gasteiger partial charge in [-0.15, -0.1) is 0 Å². The van der Waals surface area contributed by atoms with Crippen LogP contribution in [-0.4, -0.2) is 28.8 Å². The number of ketones is 1. The van der Waals surface area contributed by atoms with Crippen LogP contribution in [0.15, 0.2) is 12.1 Å². The molecule has 1 atom stereocenters. The Morgan fingerprint density at radius 2 is 1.64 bits per heavy atom. The van der Waals surface area contributed by atoms with Crippen molar-refractivity contribution < 1.29 is 19.5 Å². The van der Waals surface area contributed by atoms with Crippen molar-refractivity contribution in [1.29, 1.82) is 0 Å². The third kappa shape index (κ3) is 4.98. The molecule has 5 heteroatoms. The van der Waals surface area contributed by atoms with Crippen molar-refractivity contribution in [2.75, 3.05) is 0 Å². The second-order valence-electron chi connectivity index (χ2n) is 5.68. The van der Waals surface area contributed by atoms with E-state index in [9.17, 15) is 14.4 Å². The van der Waals surface area contributed by atoms with E-state index < -0.39 is 12.0 Å². The average molecular weight is 305 g/mol. The van der Waals surface area contributed by atoms with Gasteiger partial charge in [0.25, 0.3) is 0 Å². The average Bonchev–Trinajstić information content (AvgIpc) is 2.36. The van der Waals surface area contributed by atoms with Gasteiger partial charge in [-0.25, -0.2) is 0 Å². The number of rotatable bonds is 7. The zero-order chi connectivity index (χ0) is 16.9. The summed E-state index contributed by atoms with van der Waals surface area (Å²) in [6.45, 7) is 7.22. The summed E-state index contributed by atoms with van der Waals surface area (Å²) in [6.07, 6.45) is 0.830. The van der Waals surface area contributed by atoms with Crippen LogP contribution in [0.1, 0.15) is 53.2 Å². The van der Waals surface area contributed by atoms with Crippen LogP contribution in [0.4, 0.5) is 0 Å². The van der Waals surface area contributed by atoms with Gasteiger partial charge in [0, 0.05) is 18.4 Å². The predicted molar refractivity (Wildman–Crippen MR) is 84.1 cm³/mol. The van der Waals surface area contributed by atoms with Crippen molar-refractivity contribution in [2.45, 2.75) is 53.0 Å². The van der Waals surface area contributed by atoms with Crippen LogP contribution >= 0.6 is 0 Å². The molecule has 0 spiro atoms. The minimum absolute atomic E-state index is 0.0223. The third-order valence-electron chi connectivity index (χ3n) is 3.51. The lowest BCUT2D eigenvalue weighted by Crippen LogP contribution is -2.38. The minimum atomic E-state index is -1.07. The molecule has 0 fully saturated rings. The van der Waals surface area contributed by atoms with E-state index in [4.69, 9.17) is 5.11 Å². The first-order chi connectivity index (χ1) is 10.2. The first-order valence-electron chi connectivity index (χ1n) is 7.35. The van der Waals surface area contributed by atoms with Crippen molar-refractivity contribution in [3.8, 4) is 0 Å². The summed E-state index contributed by atoms with van der Waals surface area (Å²) < 4.78 is 0. The first-order valence-corrected chi connectivity index (χ1v) is 7.35. The van der Waals surface area contributed by atoms with E-state index in [1.807, 2.05) is 32.9 Å². The third-order valence-corrected chi connectivity index (χ3v) is 3.51. The molecule has 1 amide bonds. The van der Waals surface area contributed by atoms with Gasteiger partial charge in [-0.1, -0.05) is 17.7 Å². The summed E-state index contributed by atoms with van der Waals surface area (Å²) in [5, 5.41) is 11.1. The number of nitrogens with one attached hydrogen (secondary N) is 1. The number of Topliss-reactive ketones (excluding diaryl/α,β-unsaturated/α-hetero) is 1. The highest BCUT2D eigenvalue weighted by atomic mass is 16.4. The Hall–Kier alpha value is -2.17. The predicted octanol–water partition coefficient (Wildman–Crippen LogP) is 2.55. The smallest absolute Gasteiger partial charge is 0.325 e. The molecule has 1 aromatic carbocycles. The molecular formula is C17H23NO4. The van der Waals surface area contributed by atoms with E-state index in [2.05, 4.69) is 5.32 Å². The first kappa shape index (κ1) is 17.9. The van der Waals surface area contributed by atoms with E-state index in [-0.39, 0.29) is 24.5 Å². The molecule has 0 bridgehead atoms. The number of carboxylic acid groups (broad SMARTS) is 1. The molecule has 0 saturated heterocycles. The molecule has 0 heterocycles. The maximum Gasteiger partial charge on any atom is 0.325 e. The summed E-state index contributed by atoms with van der Waals surface area (Å²) in [4.78, 5) is 34.5. The van der Waals surface area contributed by atoms with Crippen LogP contribution in [0.25, 0.3) is 0 Å². The molecule has 0 aliphatic carbocycles. The molecule has 5 nitrogen and oxygen atoms in total. The summed E-state index contributed by atoms with van der Waals surface area (Å²) in [5.41, 5.74) is 3.75. The van der Waals surface area contributed by atoms with Crippen molar-refractivity contribution in [2.24, 2.45) is 0 Å². The Bertz CT molecular complexity index is 569. The second-order valence-corrected chi connectivity index (χ2v) is 5.68. The molecular weight excluding hydrogens is 282 g/mol. The largest absolute Gasteiger partial charge is 0.480 e. The highest BCUT2D eigenvalue weighted by Gasteiger charge is 2.16. The fourth-order valence-corrected chi connectivity index (χ4v) is 2.53. The molecule has 1 rings (SSSR count). The number of carbonyl (C=O) groups excluding carboxylic acids is 2. The molecule has 2 N–H and O–H groups in total. The Labute approximate surface area is 130 Å². The van der Waals surface area contributed by atoms with Gasteiger partial charge in [-0.2, -0.15) is 0 Å². The maximum absolute atomic E-state index is 12.3. The van der Waals surface area contributed by atoms with Gasteiger partial charge in [-0.05, 0) is 45.2 Å². The van der Waals surface area contributed by atoms with Crippen LogP contribution in [0, 0.1) is 20.8 Å². The summed E-state index contributed by atoms with van der Waals surface area (Å²) in [5.74, 6) is -1.40. The fraction of sp³-hybridized carbons (Fsp3) is 0.471. The molecule has 22 heavy (non-hydrogen) atoms. The van der Waals surface area contributed by atoms with E-state index in [0.29, 0.717) is 6.42 Å². The monoisotopic (exact) mass is 305 g/mol. The number of carbonyl (C=O) groups is 3. The van der Waals surface area contributed by atoms with Gasteiger partial charge in [0.15, 0.2) is 5.78 Å². The number of amides is 1. The lowest BCUT2D eigenvalue weighted by Gasteiger charge is -2.11. The number of carboxylic acids is 1. The molecule has 1 aromatic rings. The summed E-state index contributed by atoms with van der Waals surface area (Å²) in [7, 11) is 0. The zero-order valence-corrected chi connectivity index (χ0v) is 13.5. The van der Waals surface area contributed by atoms with Crippen molar-refractivity contribution in [1.82, 2.24) is 5.32 Å². The molecule has 0 aliphatic rings. The van der Waals surface area contributed by atoms with Crippen LogP contribution < -0.4 is 5.32 Å². The summed E-state index contributed by atoms with van der Waals surface area (Å²) >= 11 is 0. The molecule has 0 saturated carbocycles. The van der Waals surface area contributed by atoms with Gasteiger partial charge in [0.2, 0.25) is 5.91 Å². The molecule has 120 valence electrons. The van der Waals surface area contributed by atoms with Crippen LogP contribution in [0.5, 0.6) is 0 Å². The quantitative estimate of drug-likeness (QED) is 0.758. The molecule has 0 radical (unpaired) electrons. The van der Waals surface area contributed by atoms with E-state index >= 15 is 0 Å². The standard InChI is InChI=1S/C17H23NO4/c1-10-8-11(2)16(12(3)9-10)14(19)6-5-7-15(20)18-13(4)17(21)22/h8-9,13H,5-7H2,1-4H3,(H,18,20)(H,21,22)/t13-/m0/s1. The van der Waals surface area contributed by atoms with Crippen LogP contribution in [0.2, 0.25) is 0 Å². The SMILES string of the molecule is Cc1cc(C)c(C(=O)CCCC(=O)N[C@@H](C)C(=O)O)c(C)c1. The molecule has 0 aliphatic heterocycles. The van der Waals surface area contributed by atoms with Gasteiger partial charge in [0.1, 0.15) is 6.04 Å². The number of hydrogen-bond acceptors (Lipinski definition) is 3. The Morgan fingerprint density at radius 3 is 2.14 bits per heavy atom. The maximum atomic E-state index is 12.3. The number of hydrogen-bond donors (Lipinski definition) is 2. The topological polar surface area (TPSA) is 83.5 Å². The lowest BCUT2D eigenvalue weighted by molar-refractivity contribution is -0.141. The van der Waals surface area contributed by atoms with Crippen LogP contribution in [0.3, 0.4) is 0 Å². The van der Waals surface area contributed by atoms with Gasteiger partial charge in [-0.3, -0.25) is 14.4 Å². The second kappa shape index (κ2) is 7.73. The van der Waals surface area contributed by atoms with E-state index in [1.165, 1.54) is 6.92 Å². The van der Waals surface area contributed by atoms with Gasteiger partial charge in [0.05, 0.1) is 0 Å². The van der Waals surface area contributed by atoms with Crippen LogP contribution in [-0.2, 0) is 9.59 Å². The van der Waals surface area contributed by atoms with Gasteiger partial charge >= 0.3 is 5.97 Å². The Morgan fingerprint density at radius 1 is 1.09 bits per heavy atom. The molecule has 0 unspecified atom stereocenters. The highest BCUT2D eigenvalue weighted by molar-refractivity contribution is 5.99. The number of benzene rings is 1. The normalized spacial score (nSPS) is 11.8. The Kier molecular flexibility index (Phi) is 6.28. The fourth-order valence-electron chi connectivity index (χ4n) is 2.53. The lowest BCUT2D eigenvalue weighted by atomic mass is 9.94.